The monoisotopic (exact) mass is 369 g/mol. The van der Waals surface area contributed by atoms with Crippen LogP contribution in [0.2, 0.25) is 0 Å². The molecule has 5 aromatic heterocycles. The first-order chi connectivity index (χ1) is 13.5. The lowest BCUT2D eigenvalue weighted by atomic mass is 10.1. The van der Waals surface area contributed by atoms with Crippen molar-refractivity contribution >= 4 is 22.1 Å². The quantitative estimate of drug-likeness (QED) is 0.510. The van der Waals surface area contributed by atoms with Crippen molar-refractivity contribution in [2.24, 2.45) is 7.05 Å². The van der Waals surface area contributed by atoms with Crippen molar-refractivity contribution in [1.29, 1.82) is 0 Å². The Labute approximate surface area is 161 Å². The molecule has 0 unspecified atom stereocenters. The van der Waals surface area contributed by atoms with Gasteiger partial charge in [0.05, 0.1) is 17.5 Å². The number of nitrogens with zero attached hydrogens (tertiary/aromatic N) is 6. The summed E-state index contributed by atoms with van der Waals surface area (Å²) in [6.07, 6.45) is 3.74. The third-order valence-electron chi connectivity index (χ3n) is 4.91. The number of nitrogens with one attached hydrogen (secondary N) is 1. The van der Waals surface area contributed by atoms with Gasteiger partial charge in [0, 0.05) is 35.6 Å². The second-order valence-corrected chi connectivity index (χ2v) is 7.06. The van der Waals surface area contributed by atoms with E-state index in [4.69, 9.17) is 4.98 Å². The number of pyridine rings is 2. The van der Waals surface area contributed by atoms with Gasteiger partial charge in [0.1, 0.15) is 16.9 Å². The Morgan fingerprint density at radius 3 is 2.64 bits per heavy atom. The Morgan fingerprint density at radius 2 is 1.82 bits per heavy atom. The number of H-pyrrole nitrogens is 1. The molecule has 0 saturated carbocycles. The summed E-state index contributed by atoms with van der Waals surface area (Å²) >= 11 is 0. The summed E-state index contributed by atoms with van der Waals surface area (Å²) in [6, 6.07) is 7.95. The molecular formula is C21H19N7. The van der Waals surface area contributed by atoms with Crippen LogP contribution in [0.4, 0.5) is 0 Å². The number of hydrogen-bond acceptors (Lipinski definition) is 5. The maximum atomic E-state index is 4.89. The van der Waals surface area contributed by atoms with Crippen LogP contribution in [0.15, 0.2) is 36.8 Å². The molecule has 7 nitrogen and oxygen atoms in total. The minimum atomic E-state index is 0.579. The SMILES string of the molecule is Cc1cccc(-c2nc(-c3cn(C)c4c(C)nc(C)cc34)c3nc[nH]c3n2)n1. The molecule has 7 heteroatoms. The largest absolute Gasteiger partial charge is 0.348 e. The maximum absolute atomic E-state index is 4.89. The van der Waals surface area contributed by atoms with Crippen molar-refractivity contribution in [3.8, 4) is 22.8 Å². The molecule has 0 amide bonds. The third-order valence-corrected chi connectivity index (χ3v) is 4.91. The minimum Gasteiger partial charge on any atom is -0.348 e. The number of aryl methyl sites for hydroxylation is 4. The van der Waals surface area contributed by atoms with Crippen molar-refractivity contribution in [3.05, 3.63) is 53.9 Å². The topological polar surface area (TPSA) is 85.2 Å². The summed E-state index contributed by atoms with van der Waals surface area (Å²) in [7, 11) is 2.03. The molecule has 28 heavy (non-hydrogen) atoms. The fourth-order valence-electron chi connectivity index (χ4n) is 3.79. The number of aromatic nitrogens is 7. The van der Waals surface area contributed by atoms with Gasteiger partial charge in [0.15, 0.2) is 11.5 Å². The van der Waals surface area contributed by atoms with Gasteiger partial charge >= 0.3 is 0 Å². The van der Waals surface area contributed by atoms with E-state index in [2.05, 4.69) is 41.8 Å². The minimum absolute atomic E-state index is 0.579. The van der Waals surface area contributed by atoms with Gasteiger partial charge in [-0.15, -0.1) is 0 Å². The van der Waals surface area contributed by atoms with E-state index in [9.17, 15) is 0 Å². The van der Waals surface area contributed by atoms with E-state index in [0.717, 1.165) is 50.5 Å². The van der Waals surface area contributed by atoms with Gasteiger partial charge in [-0.2, -0.15) is 0 Å². The highest BCUT2D eigenvalue weighted by Crippen LogP contribution is 2.34. The van der Waals surface area contributed by atoms with Gasteiger partial charge in [0.2, 0.25) is 0 Å². The number of fused-ring (bicyclic) bond motifs is 2. The zero-order valence-electron chi connectivity index (χ0n) is 16.1. The second-order valence-electron chi connectivity index (χ2n) is 7.06. The van der Waals surface area contributed by atoms with E-state index < -0.39 is 0 Å². The molecule has 0 atom stereocenters. The zero-order valence-corrected chi connectivity index (χ0v) is 16.1. The van der Waals surface area contributed by atoms with Crippen LogP contribution in [-0.2, 0) is 7.05 Å². The molecule has 0 bridgehead atoms. The molecule has 1 N–H and O–H groups in total. The normalized spacial score (nSPS) is 11.6. The van der Waals surface area contributed by atoms with E-state index in [1.807, 2.05) is 46.0 Å². The molecule has 0 radical (unpaired) electrons. The highest BCUT2D eigenvalue weighted by atomic mass is 15.0. The molecule has 0 spiro atoms. The molecule has 0 fully saturated rings. The third kappa shape index (κ3) is 2.47. The highest BCUT2D eigenvalue weighted by Gasteiger charge is 2.19. The lowest BCUT2D eigenvalue weighted by molar-refractivity contribution is 0.953. The number of hydrogen-bond donors (Lipinski definition) is 1. The molecule has 0 aliphatic carbocycles. The van der Waals surface area contributed by atoms with Crippen LogP contribution < -0.4 is 0 Å². The molecular weight excluding hydrogens is 350 g/mol. The predicted molar refractivity (Wildman–Crippen MR) is 109 cm³/mol. The molecule has 5 rings (SSSR count). The van der Waals surface area contributed by atoms with Gasteiger partial charge in [-0.25, -0.2) is 19.9 Å². The van der Waals surface area contributed by atoms with Crippen LogP contribution in [0.1, 0.15) is 17.1 Å². The van der Waals surface area contributed by atoms with Gasteiger partial charge in [-0.1, -0.05) is 6.07 Å². The Hall–Kier alpha value is -3.61. The summed E-state index contributed by atoms with van der Waals surface area (Å²) in [5.41, 5.74) is 7.99. The van der Waals surface area contributed by atoms with Crippen LogP contribution in [0.5, 0.6) is 0 Å². The fraction of sp³-hybridized carbons (Fsp3) is 0.190. The molecule has 0 aromatic carbocycles. The Balaban J connectivity index is 1.85. The highest BCUT2D eigenvalue weighted by molar-refractivity contribution is 6.02. The van der Waals surface area contributed by atoms with E-state index in [1.165, 1.54) is 0 Å². The number of imidazole rings is 1. The van der Waals surface area contributed by atoms with Crippen LogP contribution in [0.25, 0.3) is 44.8 Å². The van der Waals surface area contributed by atoms with E-state index in [1.54, 1.807) is 6.33 Å². The molecule has 138 valence electrons. The fourth-order valence-corrected chi connectivity index (χ4v) is 3.79. The Kier molecular flexibility index (Phi) is 3.52. The summed E-state index contributed by atoms with van der Waals surface area (Å²) in [5.74, 6) is 0.579. The van der Waals surface area contributed by atoms with Crippen LogP contribution >= 0.6 is 0 Å². The first kappa shape index (κ1) is 16.6. The Morgan fingerprint density at radius 1 is 0.964 bits per heavy atom. The summed E-state index contributed by atoms with van der Waals surface area (Å²) in [4.78, 5) is 26.3. The first-order valence-electron chi connectivity index (χ1n) is 9.10. The number of aromatic amines is 1. The molecule has 0 aliphatic heterocycles. The van der Waals surface area contributed by atoms with Crippen molar-refractivity contribution in [2.75, 3.05) is 0 Å². The van der Waals surface area contributed by atoms with Gasteiger partial charge in [0.25, 0.3) is 0 Å². The summed E-state index contributed by atoms with van der Waals surface area (Å²) in [6.45, 7) is 6.00. The lowest BCUT2D eigenvalue weighted by Gasteiger charge is -2.06. The average molecular weight is 369 g/mol. The molecule has 0 saturated heterocycles. The predicted octanol–water partition coefficient (Wildman–Crippen LogP) is 3.89. The summed E-state index contributed by atoms with van der Waals surface area (Å²) < 4.78 is 2.09. The van der Waals surface area contributed by atoms with Gasteiger partial charge in [-0.3, -0.25) is 4.98 Å². The van der Waals surface area contributed by atoms with Crippen LogP contribution in [0, 0.1) is 20.8 Å². The average Bonchev–Trinajstić information content (AvgIpc) is 3.25. The second kappa shape index (κ2) is 5.95. The Bertz CT molecular complexity index is 1360. The summed E-state index contributed by atoms with van der Waals surface area (Å²) in [5, 5.41) is 1.11. The number of rotatable bonds is 2. The molecule has 0 aliphatic rings. The maximum Gasteiger partial charge on any atom is 0.180 e. The van der Waals surface area contributed by atoms with Crippen molar-refractivity contribution in [2.45, 2.75) is 20.8 Å². The van der Waals surface area contributed by atoms with E-state index >= 15 is 0 Å². The molecule has 5 heterocycles. The van der Waals surface area contributed by atoms with E-state index in [-0.39, 0.29) is 0 Å². The smallest absolute Gasteiger partial charge is 0.180 e. The standard InChI is InChI=1S/C21H19N7/c1-11-6-5-7-16(25-11)20-26-17(18-21(27-20)23-10-22-18)15-9-28(4)19-13(3)24-12(2)8-14(15)19/h5-10H,1-4H3,(H,22,23,26,27). The van der Waals surface area contributed by atoms with Gasteiger partial charge in [-0.05, 0) is 39.0 Å². The molecule has 5 aromatic rings. The van der Waals surface area contributed by atoms with Crippen LogP contribution in [0.3, 0.4) is 0 Å². The lowest BCUT2D eigenvalue weighted by Crippen LogP contribution is -1.97. The van der Waals surface area contributed by atoms with E-state index in [0.29, 0.717) is 11.5 Å². The van der Waals surface area contributed by atoms with Crippen molar-refractivity contribution < 1.29 is 0 Å². The zero-order chi connectivity index (χ0) is 19.4. The van der Waals surface area contributed by atoms with Crippen molar-refractivity contribution in [1.82, 2.24) is 34.5 Å². The van der Waals surface area contributed by atoms with Crippen molar-refractivity contribution in [3.63, 3.8) is 0 Å². The first-order valence-corrected chi connectivity index (χ1v) is 9.10. The van der Waals surface area contributed by atoms with Crippen LogP contribution in [-0.4, -0.2) is 34.5 Å². The van der Waals surface area contributed by atoms with Gasteiger partial charge < -0.3 is 9.55 Å².